The van der Waals surface area contributed by atoms with Gasteiger partial charge in [-0.25, -0.2) is 4.98 Å². The molecule has 1 saturated heterocycles. The number of nitrogens with one attached hydrogen (secondary N) is 2. The van der Waals surface area contributed by atoms with Crippen LogP contribution in [0.2, 0.25) is 4.34 Å². The average molecular weight is 440 g/mol. The second-order valence-electron chi connectivity index (χ2n) is 7.22. The van der Waals surface area contributed by atoms with E-state index in [2.05, 4.69) is 32.5 Å². The SMILES string of the molecule is CN1CCc2nc(NC(=O)CN3CCC(NC(=O)c4ccc(Cl)s4)C3)sc2C1. The van der Waals surface area contributed by atoms with Gasteiger partial charge in [0.2, 0.25) is 5.91 Å². The monoisotopic (exact) mass is 439 g/mol. The lowest BCUT2D eigenvalue weighted by molar-refractivity contribution is -0.117. The summed E-state index contributed by atoms with van der Waals surface area (Å²) in [5.74, 6) is -0.164. The molecule has 2 aliphatic heterocycles. The van der Waals surface area contributed by atoms with Gasteiger partial charge in [-0.2, -0.15) is 0 Å². The van der Waals surface area contributed by atoms with Crippen molar-refractivity contribution in [1.82, 2.24) is 20.1 Å². The Morgan fingerprint density at radius 1 is 1.32 bits per heavy atom. The molecule has 0 aliphatic carbocycles. The molecule has 0 saturated carbocycles. The summed E-state index contributed by atoms with van der Waals surface area (Å²) in [4.78, 5) is 35.4. The Bertz CT molecular complexity index is 883. The number of rotatable bonds is 5. The molecule has 0 spiro atoms. The maximum atomic E-state index is 12.4. The minimum absolute atomic E-state index is 0.0453. The molecule has 2 aromatic heterocycles. The van der Waals surface area contributed by atoms with Crippen LogP contribution < -0.4 is 10.6 Å². The highest BCUT2D eigenvalue weighted by Crippen LogP contribution is 2.27. The van der Waals surface area contributed by atoms with Crippen molar-refractivity contribution in [1.29, 1.82) is 0 Å². The predicted molar refractivity (Wildman–Crippen MR) is 112 cm³/mol. The Kier molecular flexibility index (Phi) is 5.98. The molecular weight excluding hydrogens is 418 g/mol. The van der Waals surface area contributed by atoms with Gasteiger partial charge in [0.1, 0.15) is 0 Å². The smallest absolute Gasteiger partial charge is 0.261 e. The number of aromatic nitrogens is 1. The highest BCUT2D eigenvalue weighted by Gasteiger charge is 2.26. The van der Waals surface area contributed by atoms with Crippen molar-refractivity contribution in [2.24, 2.45) is 0 Å². The minimum Gasteiger partial charge on any atom is -0.347 e. The standard InChI is InChI=1S/C18H22ClN5O2S2/c1-23-6-5-12-14(9-23)28-18(21-12)22-16(25)10-24-7-4-11(8-24)20-17(26)13-2-3-15(19)27-13/h2-3,11H,4-10H2,1H3,(H,20,26)(H,21,22,25). The van der Waals surface area contributed by atoms with E-state index in [0.717, 1.165) is 38.2 Å². The molecule has 1 unspecified atom stereocenters. The number of nitrogens with zero attached hydrogens (tertiary/aromatic N) is 3. The first kappa shape index (κ1) is 19.8. The number of carbonyl (C=O) groups excluding carboxylic acids is 2. The van der Waals surface area contributed by atoms with Gasteiger partial charge in [0.15, 0.2) is 5.13 Å². The Hall–Kier alpha value is -1.52. The van der Waals surface area contributed by atoms with E-state index in [0.29, 0.717) is 27.4 Å². The van der Waals surface area contributed by atoms with Gasteiger partial charge in [-0.15, -0.1) is 22.7 Å². The van der Waals surface area contributed by atoms with Crippen molar-refractivity contribution in [3.8, 4) is 0 Å². The third-order valence-corrected chi connectivity index (χ3v) is 7.17. The van der Waals surface area contributed by atoms with Crippen LogP contribution in [0.25, 0.3) is 0 Å². The summed E-state index contributed by atoms with van der Waals surface area (Å²) >= 11 is 8.72. The number of thiazole rings is 1. The summed E-state index contributed by atoms with van der Waals surface area (Å²) < 4.78 is 0.602. The maximum Gasteiger partial charge on any atom is 0.261 e. The number of thiophene rings is 1. The fraction of sp³-hybridized carbons (Fsp3) is 0.500. The fourth-order valence-corrected chi connectivity index (χ4v) is 5.58. The van der Waals surface area contributed by atoms with Gasteiger partial charge in [-0.3, -0.25) is 14.5 Å². The number of carbonyl (C=O) groups is 2. The molecular formula is C18H22ClN5O2S2. The van der Waals surface area contributed by atoms with Gasteiger partial charge in [0, 0.05) is 43.5 Å². The highest BCUT2D eigenvalue weighted by atomic mass is 35.5. The summed E-state index contributed by atoms with van der Waals surface area (Å²) in [6.45, 7) is 3.65. The number of anilines is 1. The fourth-order valence-electron chi connectivity index (χ4n) is 3.53. The van der Waals surface area contributed by atoms with E-state index in [9.17, 15) is 9.59 Å². The Morgan fingerprint density at radius 2 is 2.18 bits per heavy atom. The molecule has 1 fully saturated rings. The lowest BCUT2D eigenvalue weighted by atomic mass is 10.2. The summed E-state index contributed by atoms with van der Waals surface area (Å²) in [7, 11) is 2.09. The van der Waals surface area contributed by atoms with E-state index < -0.39 is 0 Å². The largest absolute Gasteiger partial charge is 0.347 e. The van der Waals surface area contributed by atoms with Crippen molar-refractivity contribution in [3.05, 3.63) is 31.9 Å². The molecule has 4 heterocycles. The van der Waals surface area contributed by atoms with E-state index in [1.54, 1.807) is 23.5 Å². The van der Waals surface area contributed by atoms with Gasteiger partial charge >= 0.3 is 0 Å². The molecule has 0 aromatic carbocycles. The first-order valence-corrected chi connectivity index (χ1v) is 11.2. The first-order chi connectivity index (χ1) is 13.5. The number of hydrogen-bond donors (Lipinski definition) is 2. The molecule has 7 nitrogen and oxygen atoms in total. The number of amides is 2. The molecule has 1 atom stereocenters. The first-order valence-electron chi connectivity index (χ1n) is 9.22. The molecule has 2 amide bonds. The quantitative estimate of drug-likeness (QED) is 0.747. The summed E-state index contributed by atoms with van der Waals surface area (Å²) in [5.41, 5.74) is 1.11. The van der Waals surface area contributed by atoms with Crippen LogP contribution in [0, 0.1) is 0 Å². The van der Waals surface area contributed by atoms with Gasteiger partial charge in [0.25, 0.3) is 5.91 Å². The van der Waals surface area contributed by atoms with Crippen LogP contribution in [0.5, 0.6) is 0 Å². The average Bonchev–Trinajstić information content (AvgIpc) is 3.34. The molecule has 0 bridgehead atoms. The van der Waals surface area contributed by atoms with Gasteiger partial charge < -0.3 is 15.5 Å². The lowest BCUT2D eigenvalue weighted by Crippen LogP contribution is -2.38. The minimum atomic E-state index is -0.105. The van der Waals surface area contributed by atoms with E-state index in [1.807, 2.05) is 0 Å². The number of likely N-dealkylation sites (tertiary alicyclic amines) is 1. The molecule has 150 valence electrons. The molecule has 28 heavy (non-hydrogen) atoms. The Balaban J connectivity index is 1.25. The number of hydrogen-bond acceptors (Lipinski definition) is 7. The molecule has 0 radical (unpaired) electrons. The number of halogens is 1. The second-order valence-corrected chi connectivity index (χ2v) is 10.0. The lowest BCUT2D eigenvalue weighted by Gasteiger charge is -2.20. The van der Waals surface area contributed by atoms with Crippen LogP contribution in [0.15, 0.2) is 12.1 Å². The summed E-state index contributed by atoms with van der Waals surface area (Å²) in [6, 6.07) is 3.50. The molecule has 4 rings (SSSR count). The third kappa shape index (κ3) is 4.72. The summed E-state index contributed by atoms with van der Waals surface area (Å²) in [6.07, 6.45) is 1.76. The third-order valence-electron chi connectivity index (χ3n) is 4.94. The van der Waals surface area contributed by atoms with E-state index in [-0.39, 0.29) is 17.9 Å². The van der Waals surface area contributed by atoms with Crippen molar-refractivity contribution < 1.29 is 9.59 Å². The zero-order valence-corrected chi connectivity index (χ0v) is 17.9. The number of likely N-dealkylation sites (N-methyl/N-ethyl adjacent to an activating group) is 1. The predicted octanol–water partition coefficient (Wildman–Crippen LogP) is 2.29. The topological polar surface area (TPSA) is 77.6 Å². The molecule has 2 aromatic rings. The highest BCUT2D eigenvalue weighted by molar-refractivity contribution is 7.18. The zero-order chi connectivity index (χ0) is 19.7. The van der Waals surface area contributed by atoms with Gasteiger partial charge in [-0.1, -0.05) is 11.6 Å². The van der Waals surface area contributed by atoms with Crippen molar-refractivity contribution in [3.63, 3.8) is 0 Å². The van der Waals surface area contributed by atoms with Crippen molar-refractivity contribution >= 4 is 51.2 Å². The van der Waals surface area contributed by atoms with Crippen molar-refractivity contribution in [2.45, 2.75) is 25.4 Å². The van der Waals surface area contributed by atoms with Crippen LogP contribution in [-0.2, 0) is 17.8 Å². The van der Waals surface area contributed by atoms with Crippen molar-refractivity contribution in [2.75, 3.05) is 38.5 Å². The van der Waals surface area contributed by atoms with Crippen LogP contribution >= 0.6 is 34.3 Å². The van der Waals surface area contributed by atoms with Crippen LogP contribution in [0.1, 0.15) is 26.7 Å². The zero-order valence-electron chi connectivity index (χ0n) is 15.5. The van der Waals surface area contributed by atoms with Crippen LogP contribution in [0.3, 0.4) is 0 Å². The normalized spacial score (nSPS) is 20.1. The van der Waals surface area contributed by atoms with E-state index >= 15 is 0 Å². The number of fused-ring (bicyclic) bond motifs is 1. The van der Waals surface area contributed by atoms with E-state index in [4.69, 9.17) is 11.6 Å². The molecule has 2 aliphatic rings. The Labute approximate surface area is 176 Å². The molecule has 2 N–H and O–H groups in total. The van der Waals surface area contributed by atoms with E-state index in [1.165, 1.54) is 16.2 Å². The Morgan fingerprint density at radius 3 is 2.96 bits per heavy atom. The van der Waals surface area contributed by atoms with Crippen LogP contribution in [0.4, 0.5) is 5.13 Å². The molecule has 10 heteroatoms. The van der Waals surface area contributed by atoms with Gasteiger partial charge in [0.05, 0.1) is 21.5 Å². The van der Waals surface area contributed by atoms with Crippen LogP contribution in [-0.4, -0.2) is 65.9 Å². The summed E-state index contributed by atoms with van der Waals surface area (Å²) in [5, 5.41) is 6.64. The second kappa shape index (κ2) is 8.46. The van der Waals surface area contributed by atoms with Gasteiger partial charge in [-0.05, 0) is 25.6 Å². The maximum absolute atomic E-state index is 12.4.